The first-order valence-corrected chi connectivity index (χ1v) is 7.47. The zero-order valence-electron chi connectivity index (χ0n) is 13.7. The third-order valence-electron chi connectivity index (χ3n) is 3.52. The van der Waals surface area contributed by atoms with Crippen molar-refractivity contribution in [2.45, 2.75) is 6.42 Å². The monoisotopic (exact) mass is 340 g/mol. The van der Waals surface area contributed by atoms with Crippen LogP contribution in [0.1, 0.15) is 16.1 Å². The molecule has 8 heteroatoms. The third kappa shape index (κ3) is 3.74. The molecule has 0 saturated carbocycles. The van der Waals surface area contributed by atoms with Crippen molar-refractivity contribution in [2.75, 3.05) is 12.4 Å². The predicted molar refractivity (Wildman–Crippen MR) is 88.8 cm³/mol. The summed E-state index contributed by atoms with van der Waals surface area (Å²) in [5.74, 6) is 0.0295. The number of nitrogens with one attached hydrogen (secondary N) is 1. The summed E-state index contributed by atoms with van der Waals surface area (Å²) in [7, 11) is 3.07. The second-order valence-corrected chi connectivity index (χ2v) is 5.28. The highest BCUT2D eigenvalue weighted by Gasteiger charge is 2.18. The van der Waals surface area contributed by atoms with Crippen molar-refractivity contribution in [2.24, 2.45) is 7.05 Å². The van der Waals surface area contributed by atoms with E-state index < -0.39 is 5.97 Å². The van der Waals surface area contributed by atoms with Crippen molar-refractivity contribution < 1.29 is 18.7 Å². The molecular formula is C17H16N4O4. The van der Waals surface area contributed by atoms with Gasteiger partial charge in [-0.15, -0.1) is 0 Å². The van der Waals surface area contributed by atoms with E-state index in [0.29, 0.717) is 17.1 Å². The SMILES string of the molecule is COC(=O)Cc1occc1C(=O)Nc1ccc(-c2ncn(C)n2)cc1. The van der Waals surface area contributed by atoms with Crippen LogP contribution in [0.2, 0.25) is 0 Å². The molecule has 2 heterocycles. The molecule has 128 valence electrons. The highest BCUT2D eigenvalue weighted by Crippen LogP contribution is 2.19. The normalized spacial score (nSPS) is 10.5. The standard InChI is InChI=1S/C17H16N4O4/c1-21-10-18-16(20-21)11-3-5-12(6-4-11)19-17(23)13-7-8-25-14(13)9-15(22)24-2/h3-8,10H,9H2,1-2H3,(H,19,23). The van der Waals surface area contributed by atoms with E-state index in [-0.39, 0.29) is 18.1 Å². The number of aryl methyl sites for hydroxylation is 1. The van der Waals surface area contributed by atoms with E-state index in [1.54, 1.807) is 30.2 Å². The minimum absolute atomic E-state index is 0.101. The number of rotatable bonds is 5. The fourth-order valence-electron chi connectivity index (χ4n) is 2.26. The molecule has 1 amide bonds. The molecule has 0 aliphatic rings. The van der Waals surface area contributed by atoms with Crippen molar-refractivity contribution in [1.82, 2.24) is 14.8 Å². The fraction of sp³-hybridized carbons (Fsp3) is 0.176. The van der Waals surface area contributed by atoms with Crippen LogP contribution in [0.3, 0.4) is 0 Å². The largest absolute Gasteiger partial charge is 0.469 e. The van der Waals surface area contributed by atoms with E-state index >= 15 is 0 Å². The maximum Gasteiger partial charge on any atom is 0.313 e. The lowest BCUT2D eigenvalue weighted by Gasteiger charge is -2.06. The zero-order valence-corrected chi connectivity index (χ0v) is 13.7. The number of furan rings is 1. The second-order valence-electron chi connectivity index (χ2n) is 5.28. The smallest absolute Gasteiger partial charge is 0.313 e. The zero-order chi connectivity index (χ0) is 17.8. The van der Waals surface area contributed by atoms with E-state index in [2.05, 4.69) is 20.1 Å². The lowest BCUT2D eigenvalue weighted by molar-refractivity contribution is -0.140. The number of hydrogen-bond acceptors (Lipinski definition) is 6. The molecule has 3 aromatic rings. The Morgan fingerprint density at radius 3 is 2.64 bits per heavy atom. The number of aromatic nitrogens is 3. The maximum absolute atomic E-state index is 12.4. The average molecular weight is 340 g/mol. The van der Waals surface area contributed by atoms with Gasteiger partial charge in [0.1, 0.15) is 18.5 Å². The Balaban J connectivity index is 1.71. The van der Waals surface area contributed by atoms with Gasteiger partial charge in [-0.1, -0.05) is 0 Å². The van der Waals surface area contributed by atoms with Gasteiger partial charge in [0.25, 0.3) is 5.91 Å². The first-order valence-electron chi connectivity index (χ1n) is 7.47. The minimum atomic E-state index is -0.476. The summed E-state index contributed by atoms with van der Waals surface area (Å²) in [6.07, 6.45) is 2.88. The number of carbonyl (C=O) groups excluding carboxylic acids is 2. The van der Waals surface area contributed by atoms with Crippen LogP contribution in [-0.2, 0) is 23.0 Å². The Hall–Kier alpha value is -3.42. The number of methoxy groups -OCH3 is 1. The number of nitrogens with zero attached hydrogens (tertiary/aromatic N) is 3. The summed E-state index contributed by atoms with van der Waals surface area (Å²) in [4.78, 5) is 27.9. The van der Waals surface area contributed by atoms with Crippen LogP contribution >= 0.6 is 0 Å². The van der Waals surface area contributed by atoms with Crippen molar-refractivity contribution in [3.63, 3.8) is 0 Å². The molecule has 1 N–H and O–H groups in total. The van der Waals surface area contributed by atoms with Crippen molar-refractivity contribution in [3.05, 3.63) is 54.2 Å². The van der Waals surface area contributed by atoms with E-state index in [4.69, 9.17) is 4.42 Å². The lowest BCUT2D eigenvalue weighted by Crippen LogP contribution is -2.14. The first kappa shape index (κ1) is 16.4. The molecule has 0 aliphatic heterocycles. The van der Waals surface area contributed by atoms with Crippen LogP contribution in [0, 0.1) is 0 Å². The van der Waals surface area contributed by atoms with Crippen molar-refractivity contribution in [3.8, 4) is 11.4 Å². The Kier molecular flexibility index (Phi) is 4.60. The van der Waals surface area contributed by atoms with Gasteiger partial charge in [0.05, 0.1) is 18.9 Å². The summed E-state index contributed by atoms with van der Waals surface area (Å²) in [5.41, 5.74) is 1.74. The van der Waals surface area contributed by atoms with Crippen LogP contribution < -0.4 is 5.32 Å². The number of hydrogen-bond donors (Lipinski definition) is 1. The quantitative estimate of drug-likeness (QED) is 0.714. The highest BCUT2D eigenvalue weighted by molar-refractivity contribution is 6.05. The number of benzene rings is 1. The molecule has 1 aromatic carbocycles. The minimum Gasteiger partial charge on any atom is -0.469 e. The third-order valence-corrected chi connectivity index (χ3v) is 3.52. The summed E-state index contributed by atoms with van der Waals surface area (Å²) in [6.45, 7) is 0. The summed E-state index contributed by atoms with van der Waals surface area (Å²) >= 11 is 0. The van der Waals surface area contributed by atoms with E-state index in [1.807, 2.05) is 12.1 Å². The molecule has 0 unspecified atom stereocenters. The molecule has 8 nitrogen and oxygen atoms in total. The van der Waals surface area contributed by atoms with E-state index in [9.17, 15) is 9.59 Å². The molecule has 0 spiro atoms. The predicted octanol–water partition coefficient (Wildman–Crippen LogP) is 2.04. The average Bonchev–Trinajstić information content (AvgIpc) is 3.24. The van der Waals surface area contributed by atoms with E-state index in [0.717, 1.165) is 5.56 Å². The molecule has 0 bridgehead atoms. The molecule has 0 aliphatic carbocycles. The van der Waals surface area contributed by atoms with Gasteiger partial charge < -0.3 is 14.5 Å². The van der Waals surface area contributed by atoms with Crippen molar-refractivity contribution >= 4 is 17.6 Å². The molecule has 0 saturated heterocycles. The van der Waals surface area contributed by atoms with Crippen LogP contribution in [0.5, 0.6) is 0 Å². The van der Waals surface area contributed by atoms with Gasteiger partial charge in [0.15, 0.2) is 5.82 Å². The second kappa shape index (κ2) is 7.00. The first-order chi connectivity index (χ1) is 12.1. The van der Waals surface area contributed by atoms with Gasteiger partial charge in [-0.3, -0.25) is 14.3 Å². The molecule has 0 radical (unpaired) electrons. The van der Waals surface area contributed by atoms with Crippen LogP contribution in [0.25, 0.3) is 11.4 Å². The van der Waals surface area contributed by atoms with Gasteiger partial charge in [0.2, 0.25) is 0 Å². The highest BCUT2D eigenvalue weighted by atomic mass is 16.5. The Labute approximate surface area is 143 Å². The lowest BCUT2D eigenvalue weighted by atomic mass is 10.1. The summed E-state index contributed by atoms with van der Waals surface area (Å²) in [5, 5.41) is 6.98. The number of esters is 1. The van der Waals surface area contributed by atoms with Gasteiger partial charge in [-0.05, 0) is 30.3 Å². The summed E-state index contributed by atoms with van der Waals surface area (Å²) < 4.78 is 11.4. The van der Waals surface area contributed by atoms with Crippen LogP contribution in [0.4, 0.5) is 5.69 Å². The number of anilines is 1. The summed E-state index contributed by atoms with van der Waals surface area (Å²) in [6, 6.07) is 8.65. The molecule has 0 fully saturated rings. The van der Waals surface area contributed by atoms with Crippen LogP contribution in [-0.4, -0.2) is 33.8 Å². The Morgan fingerprint density at radius 1 is 1.24 bits per heavy atom. The van der Waals surface area contributed by atoms with Crippen molar-refractivity contribution in [1.29, 1.82) is 0 Å². The topological polar surface area (TPSA) is 99.2 Å². The Morgan fingerprint density at radius 2 is 2.00 bits per heavy atom. The van der Waals surface area contributed by atoms with Gasteiger partial charge in [0, 0.05) is 18.3 Å². The Bertz CT molecular complexity index is 896. The fourth-order valence-corrected chi connectivity index (χ4v) is 2.26. The molecule has 2 aromatic heterocycles. The number of ether oxygens (including phenoxy) is 1. The van der Waals surface area contributed by atoms with Gasteiger partial charge >= 0.3 is 5.97 Å². The molecule has 3 rings (SSSR count). The molecule has 0 atom stereocenters. The number of carbonyl (C=O) groups is 2. The maximum atomic E-state index is 12.4. The van der Waals surface area contributed by atoms with Crippen LogP contribution in [0.15, 0.2) is 47.3 Å². The molecular weight excluding hydrogens is 324 g/mol. The molecule has 25 heavy (non-hydrogen) atoms. The van der Waals surface area contributed by atoms with E-state index in [1.165, 1.54) is 19.4 Å². The number of amides is 1. The van der Waals surface area contributed by atoms with Gasteiger partial charge in [-0.2, -0.15) is 5.10 Å². The van der Waals surface area contributed by atoms with Gasteiger partial charge in [-0.25, -0.2) is 4.98 Å².